The Labute approximate surface area is 208 Å². The molecule has 0 radical (unpaired) electrons. The molecule has 2 heterocycles. The number of carbonyl (C=O) groups excluding carboxylic acids is 1. The summed E-state index contributed by atoms with van der Waals surface area (Å²) >= 11 is 1.50. The number of hydrogen-bond acceptors (Lipinski definition) is 5. The number of likely N-dealkylation sites (tertiary alicyclic amines) is 1. The lowest BCUT2D eigenvalue weighted by atomic mass is 10.1. The molecular formula is C28H27N3O3S. The van der Waals surface area contributed by atoms with Crippen LogP contribution in [0, 0.1) is 6.92 Å². The summed E-state index contributed by atoms with van der Waals surface area (Å²) in [5.41, 5.74) is 4.02. The molecule has 6 nitrogen and oxygen atoms in total. The van der Waals surface area contributed by atoms with Crippen LogP contribution in [0.5, 0.6) is 5.75 Å². The number of hydrogen-bond donors (Lipinski definition) is 0. The lowest BCUT2D eigenvalue weighted by molar-refractivity contribution is 0.0793. The minimum Gasteiger partial charge on any atom is -0.497 e. The fraction of sp³-hybridized carbons (Fsp3) is 0.250. The van der Waals surface area contributed by atoms with Crippen molar-refractivity contribution >= 4 is 28.6 Å². The molecule has 0 bridgehead atoms. The predicted octanol–water partition coefficient (Wildman–Crippen LogP) is 5.23. The molecule has 1 aliphatic heterocycles. The minimum atomic E-state index is -0.160. The number of rotatable bonds is 6. The van der Waals surface area contributed by atoms with Gasteiger partial charge in [-0.1, -0.05) is 41.6 Å². The van der Waals surface area contributed by atoms with Crippen molar-refractivity contribution in [2.75, 3.05) is 20.2 Å². The SMILES string of the molecule is COc1ccc(-n2c(SCc3ccc(C)cc3)nc3cc(C(=O)N4CCCC4)ccc3c2=O)cc1. The van der Waals surface area contributed by atoms with Gasteiger partial charge in [-0.15, -0.1) is 0 Å². The minimum absolute atomic E-state index is 0.000564. The molecule has 1 aromatic heterocycles. The van der Waals surface area contributed by atoms with Crippen molar-refractivity contribution in [1.82, 2.24) is 14.5 Å². The maximum absolute atomic E-state index is 13.7. The lowest BCUT2D eigenvalue weighted by Gasteiger charge is -2.16. The maximum Gasteiger partial charge on any atom is 0.266 e. The zero-order valence-corrected chi connectivity index (χ0v) is 20.7. The molecular weight excluding hydrogens is 458 g/mol. The van der Waals surface area contributed by atoms with E-state index in [9.17, 15) is 9.59 Å². The van der Waals surface area contributed by atoms with Crippen molar-refractivity contribution < 1.29 is 9.53 Å². The Morgan fingerprint density at radius 2 is 1.71 bits per heavy atom. The van der Waals surface area contributed by atoms with Gasteiger partial charge < -0.3 is 9.64 Å². The molecule has 0 unspecified atom stereocenters. The van der Waals surface area contributed by atoms with Gasteiger partial charge in [0.05, 0.1) is 23.7 Å². The van der Waals surface area contributed by atoms with Crippen LogP contribution in [-0.2, 0) is 5.75 Å². The van der Waals surface area contributed by atoms with Gasteiger partial charge in [0.2, 0.25) is 0 Å². The first kappa shape index (κ1) is 23.2. The summed E-state index contributed by atoms with van der Waals surface area (Å²) in [6, 6.07) is 20.9. The highest BCUT2D eigenvalue weighted by atomic mass is 32.2. The summed E-state index contributed by atoms with van der Waals surface area (Å²) in [5, 5.41) is 1.07. The van der Waals surface area contributed by atoms with Crippen molar-refractivity contribution in [3.63, 3.8) is 0 Å². The largest absolute Gasteiger partial charge is 0.497 e. The molecule has 0 N–H and O–H groups in total. The first-order chi connectivity index (χ1) is 17.0. The highest BCUT2D eigenvalue weighted by Gasteiger charge is 2.21. The quantitative estimate of drug-likeness (QED) is 0.276. The first-order valence-corrected chi connectivity index (χ1v) is 12.7. The van der Waals surface area contributed by atoms with E-state index in [0.29, 0.717) is 33.1 Å². The van der Waals surface area contributed by atoms with Crippen LogP contribution in [-0.4, -0.2) is 40.6 Å². The number of ether oxygens (including phenoxy) is 1. The highest BCUT2D eigenvalue weighted by Crippen LogP contribution is 2.26. The second-order valence-electron chi connectivity index (χ2n) is 8.74. The van der Waals surface area contributed by atoms with Crippen LogP contribution < -0.4 is 10.3 Å². The van der Waals surface area contributed by atoms with Crippen LogP contribution >= 0.6 is 11.8 Å². The molecule has 0 aliphatic carbocycles. The molecule has 0 spiro atoms. The number of aryl methyl sites for hydroxylation is 1. The van der Waals surface area contributed by atoms with Crippen LogP contribution in [0.25, 0.3) is 16.6 Å². The normalized spacial score (nSPS) is 13.4. The van der Waals surface area contributed by atoms with Crippen molar-refractivity contribution in [3.8, 4) is 11.4 Å². The number of amides is 1. The number of methoxy groups -OCH3 is 1. The molecule has 178 valence electrons. The molecule has 5 rings (SSSR count). The van der Waals surface area contributed by atoms with Crippen molar-refractivity contribution in [2.45, 2.75) is 30.7 Å². The van der Waals surface area contributed by atoms with Gasteiger partial charge in [0.25, 0.3) is 11.5 Å². The third-order valence-corrected chi connectivity index (χ3v) is 7.31. The van der Waals surface area contributed by atoms with Gasteiger partial charge in [-0.3, -0.25) is 14.2 Å². The molecule has 35 heavy (non-hydrogen) atoms. The Bertz CT molecular complexity index is 1420. The summed E-state index contributed by atoms with van der Waals surface area (Å²) < 4.78 is 6.93. The second-order valence-corrected chi connectivity index (χ2v) is 9.68. The third-order valence-electron chi connectivity index (χ3n) is 6.30. The van der Waals surface area contributed by atoms with Gasteiger partial charge in [-0.2, -0.15) is 0 Å². The van der Waals surface area contributed by atoms with E-state index in [1.807, 2.05) is 29.2 Å². The Hall–Kier alpha value is -3.58. The van der Waals surface area contributed by atoms with Gasteiger partial charge >= 0.3 is 0 Å². The van der Waals surface area contributed by atoms with Crippen molar-refractivity contribution in [3.05, 3.63) is 93.8 Å². The lowest BCUT2D eigenvalue weighted by Crippen LogP contribution is -2.28. The van der Waals surface area contributed by atoms with E-state index >= 15 is 0 Å². The summed E-state index contributed by atoms with van der Waals surface area (Å²) in [6.45, 7) is 3.62. The van der Waals surface area contributed by atoms with Gasteiger partial charge in [0.1, 0.15) is 5.75 Å². The molecule has 1 aliphatic rings. The number of fused-ring (bicyclic) bond motifs is 1. The number of carbonyl (C=O) groups is 1. The molecule has 1 amide bonds. The van der Waals surface area contributed by atoms with Crippen molar-refractivity contribution in [2.24, 2.45) is 0 Å². The predicted molar refractivity (Wildman–Crippen MR) is 140 cm³/mol. The average molecular weight is 486 g/mol. The molecule has 0 saturated carbocycles. The topological polar surface area (TPSA) is 64.4 Å². The number of thioether (sulfide) groups is 1. The number of aromatic nitrogens is 2. The molecule has 1 fully saturated rings. The maximum atomic E-state index is 13.7. The van der Waals surface area contributed by atoms with Gasteiger partial charge in [0, 0.05) is 24.4 Å². The zero-order valence-electron chi connectivity index (χ0n) is 19.9. The van der Waals surface area contributed by atoms with E-state index in [2.05, 4.69) is 31.2 Å². The zero-order chi connectivity index (χ0) is 24.4. The summed E-state index contributed by atoms with van der Waals surface area (Å²) in [5.74, 6) is 1.38. The highest BCUT2D eigenvalue weighted by molar-refractivity contribution is 7.98. The van der Waals surface area contributed by atoms with Gasteiger partial charge in [-0.05, 0) is 67.8 Å². The Kier molecular flexibility index (Phi) is 6.59. The summed E-state index contributed by atoms with van der Waals surface area (Å²) in [7, 11) is 1.61. The van der Waals surface area contributed by atoms with Crippen LogP contribution in [0.4, 0.5) is 0 Å². The summed E-state index contributed by atoms with van der Waals surface area (Å²) in [6.07, 6.45) is 2.06. The van der Waals surface area contributed by atoms with Crippen LogP contribution in [0.3, 0.4) is 0 Å². The average Bonchev–Trinajstić information content (AvgIpc) is 3.43. The number of nitrogens with zero attached hydrogens (tertiary/aromatic N) is 3. The molecule has 1 saturated heterocycles. The Morgan fingerprint density at radius 3 is 2.40 bits per heavy atom. The van der Waals surface area contributed by atoms with Gasteiger partial charge in [-0.25, -0.2) is 4.98 Å². The smallest absolute Gasteiger partial charge is 0.266 e. The Balaban J connectivity index is 1.58. The van der Waals surface area contributed by atoms with Crippen molar-refractivity contribution in [1.29, 1.82) is 0 Å². The second kappa shape index (κ2) is 9.96. The van der Waals surface area contributed by atoms with Crippen LogP contribution in [0.1, 0.15) is 34.3 Å². The number of benzene rings is 3. The Morgan fingerprint density at radius 1 is 1.00 bits per heavy atom. The van der Waals surface area contributed by atoms with E-state index in [1.54, 1.807) is 29.9 Å². The van der Waals surface area contributed by atoms with E-state index in [4.69, 9.17) is 9.72 Å². The monoisotopic (exact) mass is 485 g/mol. The van der Waals surface area contributed by atoms with E-state index in [0.717, 1.165) is 37.2 Å². The van der Waals surface area contributed by atoms with Crippen LogP contribution in [0.15, 0.2) is 76.7 Å². The standard InChI is InChI=1S/C28H27N3O3S/c1-19-5-7-20(8-6-19)18-35-28-29-25-17-21(26(32)30-15-3-4-16-30)9-14-24(25)27(33)31(28)22-10-12-23(34-2)13-11-22/h5-14,17H,3-4,15-16,18H2,1-2H3. The fourth-order valence-corrected chi connectivity index (χ4v) is 5.26. The van der Waals surface area contributed by atoms with Crippen LogP contribution in [0.2, 0.25) is 0 Å². The van der Waals surface area contributed by atoms with Gasteiger partial charge in [0.15, 0.2) is 5.16 Å². The molecule has 4 aromatic rings. The third kappa shape index (κ3) is 4.82. The fourth-order valence-electron chi connectivity index (χ4n) is 4.29. The van der Waals surface area contributed by atoms with E-state index < -0.39 is 0 Å². The van der Waals surface area contributed by atoms with E-state index in [1.165, 1.54) is 17.3 Å². The first-order valence-electron chi connectivity index (χ1n) is 11.7. The van der Waals surface area contributed by atoms with E-state index in [-0.39, 0.29) is 11.5 Å². The summed E-state index contributed by atoms with van der Waals surface area (Å²) in [4.78, 5) is 33.4. The molecule has 3 aromatic carbocycles. The molecule has 7 heteroatoms. The molecule has 0 atom stereocenters.